The first-order valence-electron chi connectivity index (χ1n) is 17.9. The molecule has 1 atom stereocenters. The van der Waals surface area contributed by atoms with Gasteiger partial charge in [-0.1, -0.05) is 47.6 Å². The molecule has 2 saturated heterocycles. The van der Waals surface area contributed by atoms with Crippen LogP contribution in [0.1, 0.15) is 54.2 Å². The lowest BCUT2D eigenvalue weighted by atomic mass is 9.73. The number of imidazole rings is 1. The fourth-order valence-corrected chi connectivity index (χ4v) is 9.07. The van der Waals surface area contributed by atoms with E-state index in [0.717, 1.165) is 72.9 Å². The fraction of sp³-hybridized carbons (Fsp3) is 0.385. The summed E-state index contributed by atoms with van der Waals surface area (Å²) in [6, 6.07) is 18.2. The van der Waals surface area contributed by atoms with Crippen LogP contribution in [0.4, 0.5) is 5.82 Å². The van der Waals surface area contributed by atoms with E-state index in [2.05, 4.69) is 29.2 Å². The van der Waals surface area contributed by atoms with Gasteiger partial charge in [0.15, 0.2) is 18.1 Å². The molecule has 2 fully saturated rings. The topological polar surface area (TPSA) is 148 Å². The lowest BCUT2D eigenvalue weighted by Crippen LogP contribution is -2.45. The SMILES string of the molecule is Cc1nc(N2CCC3(CC2)Cc2ccccc2[C@H]3N)c(CO)nc1Sc1ccn2cc(-c3ccc(OCC(=O)N4CCC(N)CC4)cc3)nc2c1Cl.Cl.Cl. The van der Waals surface area contributed by atoms with Crippen molar-refractivity contribution in [2.75, 3.05) is 37.7 Å². The standard InChI is InChI=1S/C39H43ClN8O3S.2ClH/c1-24-38(45-31(22-49)36(43-24)47-18-13-39(14-19-47)20-26-4-2-3-5-29(26)35(39)42)52-32-12-17-48-21-30(44-37(48)34(32)40)25-6-8-28(9-7-25)51-23-33(50)46-15-10-27(41)11-16-46;;/h2-9,12,17,21,27,35,49H,10-11,13-16,18-20,22-23,41-42H2,1H3;2*1H/t35-;;/m1../s1. The number of aromatic nitrogens is 4. The van der Waals surface area contributed by atoms with E-state index in [0.29, 0.717) is 40.2 Å². The molecule has 0 unspecified atom stereocenters. The molecule has 3 aromatic heterocycles. The van der Waals surface area contributed by atoms with Crippen molar-refractivity contribution in [1.82, 2.24) is 24.3 Å². The average Bonchev–Trinajstić information content (AvgIpc) is 3.72. The molecular weight excluding hydrogens is 767 g/mol. The highest BCUT2D eigenvalue weighted by molar-refractivity contribution is 7.99. The Morgan fingerprint density at radius 3 is 2.43 bits per heavy atom. The molecule has 2 aromatic carbocycles. The molecular formula is C39H45Cl3N8O3S. The highest BCUT2D eigenvalue weighted by atomic mass is 35.5. The largest absolute Gasteiger partial charge is 0.484 e. The van der Waals surface area contributed by atoms with Crippen molar-refractivity contribution >= 4 is 65.5 Å². The maximum atomic E-state index is 12.6. The van der Waals surface area contributed by atoms with E-state index < -0.39 is 0 Å². The van der Waals surface area contributed by atoms with Gasteiger partial charge in [-0.05, 0) is 85.9 Å². The summed E-state index contributed by atoms with van der Waals surface area (Å²) in [5, 5.41) is 11.6. The molecule has 15 heteroatoms. The highest BCUT2D eigenvalue weighted by Crippen LogP contribution is 2.51. The monoisotopic (exact) mass is 810 g/mol. The predicted octanol–water partition coefficient (Wildman–Crippen LogP) is 6.41. The number of carbonyl (C=O) groups excluding carboxylic acids is 1. The number of benzene rings is 2. The summed E-state index contributed by atoms with van der Waals surface area (Å²) in [5.41, 5.74) is 19.1. The van der Waals surface area contributed by atoms with Gasteiger partial charge in [0.25, 0.3) is 5.91 Å². The number of nitrogens with zero attached hydrogens (tertiary/aromatic N) is 6. The maximum Gasteiger partial charge on any atom is 0.260 e. The smallest absolute Gasteiger partial charge is 0.260 e. The molecule has 286 valence electrons. The van der Waals surface area contributed by atoms with E-state index in [4.69, 9.17) is 42.8 Å². The summed E-state index contributed by atoms with van der Waals surface area (Å²) in [4.78, 5) is 32.1. The number of anilines is 1. The van der Waals surface area contributed by atoms with Gasteiger partial charge in [0.05, 0.1) is 23.0 Å². The van der Waals surface area contributed by atoms with Gasteiger partial charge in [-0.25, -0.2) is 15.0 Å². The van der Waals surface area contributed by atoms with E-state index in [1.54, 1.807) is 0 Å². The van der Waals surface area contributed by atoms with Gasteiger partial charge < -0.3 is 35.5 Å². The Kier molecular flexibility index (Phi) is 12.3. The molecule has 2 aliphatic heterocycles. The number of nitrogens with two attached hydrogens (primary N) is 2. The fourth-order valence-electron chi connectivity index (χ4n) is 7.88. The van der Waals surface area contributed by atoms with E-state index in [1.165, 1.54) is 22.9 Å². The minimum Gasteiger partial charge on any atom is -0.484 e. The number of hydrogen-bond donors (Lipinski definition) is 3. The van der Waals surface area contributed by atoms with Crippen molar-refractivity contribution in [1.29, 1.82) is 0 Å². The molecule has 5 N–H and O–H groups in total. The summed E-state index contributed by atoms with van der Waals surface area (Å²) in [5.74, 6) is 1.32. The van der Waals surface area contributed by atoms with Crippen LogP contribution >= 0.6 is 48.2 Å². The number of pyridine rings is 1. The Labute approximate surface area is 336 Å². The van der Waals surface area contributed by atoms with Gasteiger partial charge in [-0.15, -0.1) is 24.8 Å². The lowest BCUT2D eigenvalue weighted by Gasteiger charge is -2.43. The minimum atomic E-state index is -0.215. The molecule has 0 saturated carbocycles. The number of hydrogen-bond acceptors (Lipinski definition) is 10. The van der Waals surface area contributed by atoms with Gasteiger partial charge in [-0.3, -0.25) is 4.79 Å². The normalized spacial score (nSPS) is 18.0. The molecule has 1 amide bonds. The van der Waals surface area contributed by atoms with Crippen molar-refractivity contribution in [3.63, 3.8) is 0 Å². The van der Waals surface area contributed by atoms with Crippen LogP contribution in [-0.2, 0) is 17.8 Å². The van der Waals surface area contributed by atoms with Crippen molar-refractivity contribution < 1.29 is 14.6 Å². The first-order valence-corrected chi connectivity index (χ1v) is 19.1. The van der Waals surface area contributed by atoms with Crippen LogP contribution < -0.4 is 21.1 Å². The minimum absolute atomic E-state index is 0. The molecule has 5 aromatic rings. The zero-order valence-corrected chi connectivity index (χ0v) is 33.2. The Morgan fingerprint density at radius 2 is 1.72 bits per heavy atom. The van der Waals surface area contributed by atoms with Gasteiger partial charge in [-0.2, -0.15) is 0 Å². The van der Waals surface area contributed by atoms with Crippen molar-refractivity contribution in [3.05, 3.63) is 94.5 Å². The first kappa shape index (κ1) is 40.1. The lowest BCUT2D eigenvalue weighted by molar-refractivity contribution is -0.134. The Balaban J connectivity index is 0.00000249. The molecule has 1 aliphatic carbocycles. The number of halogens is 3. The van der Waals surface area contributed by atoms with Crippen LogP contribution in [0.2, 0.25) is 5.02 Å². The van der Waals surface area contributed by atoms with Crippen LogP contribution in [0, 0.1) is 12.3 Å². The number of aliphatic hydroxyl groups excluding tert-OH is 1. The molecule has 5 heterocycles. The third-order valence-electron chi connectivity index (χ3n) is 11.0. The van der Waals surface area contributed by atoms with E-state index in [9.17, 15) is 9.90 Å². The summed E-state index contributed by atoms with van der Waals surface area (Å²) >= 11 is 8.38. The third-order valence-corrected chi connectivity index (χ3v) is 12.6. The van der Waals surface area contributed by atoms with Crippen molar-refractivity contribution in [2.24, 2.45) is 16.9 Å². The summed E-state index contributed by atoms with van der Waals surface area (Å²) in [6.45, 7) is 4.69. The third kappa shape index (κ3) is 7.75. The summed E-state index contributed by atoms with van der Waals surface area (Å²) in [6.07, 6.45) is 8.43. The second kappa shape index (κ2) is 16.6. The molecule has 1 spiro atoms. The van der Waals surface area contributed by atoms with Gasteiger partial charge in [0, 0.05) is 61.1 Å². The second-order valence-electron chi connectivity index (χ2n) is 14.2. The molecule has 0 bridgehead atoms. The van der Waals surface area contributed by atoms with Crippen LogP contribution in [-0.4, -0.2) is 74.1 Å². The second-order valence-corrected chi connectivity index (χ2v) is 15.6. The summed E-state index contributed by atoms with van der Waals surface area (Å²) in [7, 11) is 0. The van der Waals surface area contributed by atoms with Crippen LogP contribution in [0.3, 0.4) is 0 Å². The molecule has 3 aliphatic rings. The first-order chi connectivity index (χ1) is 25.2. The Morgan fingerprint density at radius 1 is 1.00 bits per heavy atom. The number of likely N-dealkylation sites (tertiary alicyclic amines) is 1. The number of rotatable bonds is 8. The number of fused-ring (bicyclic) bond motifs is 2. The number of aliphatic hydroxyl groups is 1. The number of amides is 1. The maximum absolute atomic E-state index is 12.6. The zero-order valence-electron chi connectivity index (χ0n) is 30.0. The average molecular weight is 812 g/mol. The van der Waals surface area contributed by atoms with Crippen molar-refractivity contribution in [3.8, 4) is 17.0 Å². The van der Waals surface area contributed by atoms with Crippen LogP contribution in [0.15, 0.2) is 76.9 Å². The quantitative estimate of drug-likeness (QED) is 0.161. The predicted molar refractivity (Wildman–Crippen MR) is 217 cm³/mol. The number of aryl methyl sites for hydroxylation is 1. The van der Waals surface area contributed by atoms with Gasteiger partial charge in [0.2, 0.25) is 0 Å². The van der Waals surface area contributed by atoms with Crippen LogP contribution in [0.5, 0.6) is 5.75 Å². The number of carbonyl (C=O) groups is 1. The molecule has 11 nitrogen and oxygen atoms in total. The molecule has 0 radical (unpaired) electrons. The zero-order chi connectivity index (χ0) is 36.0. The summed E-state index contributed by atoms with van der Waals surface area (Å²) < 4.78 is 7.68. The van der Waals surface area contributed by atoms with Gasteiger partial charge in [0.1, 0.15) is 16.5 Å². The number of piperidine rings is 2. The van der Waals surface area contributed by atoms with Crippen LogP contribution in [0.25, 0.3) is 16.9 Å². The van der Waals surface area contributed by atoms with Gasteiger partial charge >= 0.3 is 0 Å². The molecule has 8 rings (SSSR count). The van der Waals surface area contributed by atoms with Crippen molar-refractivity contribution in [2.45, 2.75) is 67.6 Å². The van der Waals surface area contributed by atoms with E-state index in [1.807, 2.05) is 58.9 Å². The Bertz CT molecular complexity index is 2120. The molecule has 54 heavy (non-hydrogen) atoms. The Hall–Kier alpha value is -3.62. The highest BCUT2D eigenvalue weighted by Gasteiger charge is 2.46. The van der Waals surface area contributed by atoms with E-state index in [-0.39, 0.29) is 61.4 Å². The van der Waals surface area contributed by atoms with E-state index >= 15 is 0 Å². The number of ether oxygens (including phenoxy) is 1.